The Balaban J connectivity index is 1.63. The number of nitrogens with zero attached hydrogens (tertiary/aromatic N) is 2. The number of cyclic esters (lactones) is 1. The molecule has 2 fully saturated rings. The molecule has 2 atom stereocenters. The minimum Gasteiger partial charge on any atom is -0.463 e. The van der Waals surface area contributed by atoms with Crippen LogP contribution < -0.4 is 4.90 Å². The van der Waals surface area contributed by atoms with Crippen molar-refractivity contribution in [3.8, 4) is 0 Å². The molecule has 1 aliphatic heterocycles. The van der Waals surface area contributed by atoms with Crippen LogP contribution in [-0.4, -0.2) is 42.2 Å². The Morgan fingerprint density at radius 1 is 0.891 bits per heavy atom. The zero-order valence-corrected chi connectivity index (χ0v) is 25.2. The van der Waals surface area contributed by atoms with Gasteiger partial charge in [-0.1, -0.05) is 0 Å². The van der Waals surface area contributed by atoms with Gasteiger partial charge in [-0.3, -0.25) is 9.69 Å². The van der Waals surface area contributed by atoms with E-state index in [1.807, 2.05) is 4.90 Å². The van der Waals surface area contributed by atoms with E-state index in [-0.39, 0.29) is 29.6 Å². The first-order valence-electron chi connectivity index (χ1n) is 14.7. The van der Waals surface area contributed by atoms with Crippen LogP contribution in [0.2, 0.25) is 0 Å². The average Bonchev–Trinajstić information content (AvgIpc) is 3.23. The number of ether oxygens (including phenoxy) is 2. The van der Waals surface area contributed by atoms with Gasteiger partial charge in [0.05, 0.1) is 29.3 Å². The summed E-state index contributed by atoms with van der Waals surface area (Å²) >= 11 is 0. The summed E-state index contributed by atoms with van der Waals surface area (Å²) in [6.07, 6.45) is -15.2. The van der Waals surface area contributed by atoms with Crippen molar-refractivity contribution in [2.75, 3.05) is 18.0 Å². The summed E-state index contributed by atoms with van der Waals surface area (Å²) in [5.41, 5.74) is -4.24. The zero-order valence-electron chi connectivity index (χ0n) is 25.2. The maximum absolute atomic E-state index is 13.8. The van der Waals surface area contributed by atoms with Gasteiger partial charge in [0.2, 0.25) is 0 Å². The van der Waals surface area contributed by atoms with E-state index in [1.165, 1.54) is 19.9 Å². The van der Waals surface area contributed by atoms with Crippen molar-refractivity contribution >= 4 is 17.7 Å². The number of rotatable bonds is 8. The predicted octanol–water partition coefficient (Wildman–Crippen LogP) is 8.77. The number of esters is 1. The highest BCUT2D eigenvalue weighted by atomic mass is 19.4. The van der Waals surface area contributed by atoms with Crippen molar-refractivity contribution in [2.45, 2.75) is 89.8 Å². The first-order chi connectivity index (χ1) is 21.3. The molecule has 6 nitrogen and oxygen atoms in total. The molecule has 1 heterocycles. The zero-order chi connectivity index (χ0) is 34.2. The monoisotopic (exact) mass is 668 g/mol. The SMILES string of the molecule is CCN(CC1CCC(OC(C)=O)CC1)c1ccc(C(F)(F)F)cc1CN1C(=O)O[C@H](c2cc(C(F)(F)F)cc(C(F)(F)F)c2)[C@@H]1C. The van der Waals surface area contributed by atoms with Crippen molar-refractivity contribution in [1.29, 1.82) is 0 Å². The normalized spacial score (nSPS) is 22.5. The second-order valence-electron chi connectivity index (χ2n) is 11.6. The van der Waals surface area contributed by atoms with Gasteiger partial charge in [0.15, 0.2) is 0 Å². The quantitative estimate of drug-likeness (QED) is 0.208. The van der Waals surface area contributed by atoms with E-state index in [1.54, 1.807) is 6.92 Å². The first kappa shape index (κ1) is 35.2. The van der Waals surface area contributed by atoms with E-state index in [0.29, 0.717) is 56.6 Å². The standard InChI is InChI=1S/C31H33F9N2O4/c1-4-41(15-19-5-8-25(9-6-19)45-18(3)43)26-10-7-22(29(32,33)34)13-21(26)16-42-17(2)27(46-28(42)44)20-11-23(30(35,36)37)14-24(12-20)31(38,39)40/h7,10-14,17,19,25,27H,4-6,8-9,15-16H2,1-3H3/t17-,19?,25?,27-/m0/s1. The van der Waals surface area contributed by atoms with Crippen LogP contribution in [0.15, 0.2) is 36.4 Å². The number of carbonyl (C=O) groups is 2. The van der Waals surface area contributed by atoms with Gasteiger partial charge in [-0.25, -0.2) is 4.79 Å². The molecule has 254 valence electrons. The molecule has 1 saturated heterocycles. The van der Waals surface area contributed by atoms with Gasteiger partial charge in [-0.05, 0) is 93.0 Å². The van der Waals surface area contributed by atoms with E-state index < -0.39 is 65.6 Å². The summed E-state index contributed by atoms with van der Waals surface area (Å²) in [7, 11) is 0. The Hall–Kier alpha value is -3.65. The van der Waals surface area contributed by atoms with Crippen LogP contribution in [0, 0.1) is 5.92 Å². The smallest absolute Gasteiger partial charge is 0.416 e. The Bertz CT molecular complexity index is 1380. The molecule has 0 aromatic heterocycles. The van der Waals surface area contributed by atoms with Gasteiger partial charge in [-0.2, -0.15) is 39.5 Å². The Morgan fingerprint density at radius 2 is 1.46 bits per heavy atom. The van der Waals surface area contributed by atoms with Crippen molar-refractivity contribution < 1.29 is 58.6 Å². The lowest BCUT2D eigenvalue weighted by atomic mass is 9.86. The maximum atomic E-state index is 13.8. The second-order valence-corrected chi connectivity index (χ2v) is 11.6. The van der Waals surface area contributed by atoms with Gasteiger partial charge in [0.25, 0.3) is 0 Å². The van der Waals surface area contributed by atoms with Gasteiger partial charge in [0, 0.05) is 25.7 Å². The molecule has 2 aromatic rings. The highest BCUT2D eigenvalue weighted by molar-refractivity contribution is 5.72. The van der Waals surface area contributed by atoms with E-state index in [0.717, 1.165) is 17.0 Å². The fourth-order valence-electron chi connectivity index (χ4n) is 6.06. The lowest BCUT2D eigenvalue weighted by Gasteiger charge is -2.34. The predicted molar refractivity (Wildman–Crippen MR) is 148 cm³/mol. The molecule has 2 aliphatic rings. The van der Waals surface area contributed by atoms with Crippen molar-refractivity contribution in [3.63, 3.8) is 0 Å². The van der Waals surface area contributed by atoms with Gasteiger partial charge >= 0.3 is 30.6 Å². The fraction of sp³-hybridized carbons (Fsp3) is 0.548. The molecule has 1 aliphatic carbocycles. The number of halogens is 9. The van der Waals surface area contributed by atoms with Crippen LogP contribution in [0.25, 0.3) is 0 Å². The summed E-state index contributed by atoms with van der Waals surface area (Å²) in [4.78, 5) is 27.1. The molecule has 15 heteroatoms. The molecule has 0 N–H and O–H groups in total. The molecular weight excluding hydrogens is 635 g/mol. The van der Waals surface area contributed by atoms with Crippen LogP contribution in [0.4, 0.5) is 50.0 Å². The lowest BCUT2D eigenvalue weighted by Crippen LogP contribution is -2.35. The maximum Gasteiger partial charge on any atom is 0.416 e. The molecule has 1 amide bonds. The fourth-order valence-corrected chi connectivity index (χ4v) is 6.06. The number of anilines is 1. The number of hydrogen-bond donors (Lipinski definition) is 0. The third-order valence-electron chi connectivity index (χ3n) is 8.41. The number of amides is 1. The Morgan fingerprint density at radius 3 is 1.96 bits per heavy atom. The molecule has 2 aromatic carbocycles. The van der Waals surface area contributed by atoms with Crippen molar-refractivity contribution in [3.05, 3.63) is 64.2 Å². The molecule has 0 spiro atoms. The summed E-state index contributed by atoms with van der Waals surface area (Å²) in [6, 6.07) is 2.85. The van der Waals surface area contributed by atoms with Crippen LogP contribution in [0.5, 0.6) is 0 Å². The summed E-state index contributed by atoms with van der Waals surface area (Å²) < 4.78 is 133. The van der Waals surface area contributed by atoms with Gasteiger partial charge < -0.3 is 14.4 Å². The lowest BCUT2D eigenvalue weighted by molar-refractivity contribution is -0.148. The van der Waals surface area contributed by atoms with E-state index in [4.69, 9.17) is 9.47 Å². The highest BCUT2D eigenvalue weighted by Crippen LogP contribution is 2.42. The summed E-state index contributed by atoms with van der Waals surface area (Å²) in [6.45, 7) is 4.87. The molecular formula is C31H33F9N2O4. The van der Waals surface area contributed by atoms with Crippen LogP contribution in [-0.2, 0) is 39.3 Å². The number of hydrogen-bond acceptors (Lipinski definition) is 5. The third-order valence-corrected chi connectivity index (χ3v) is 8.41. The summed E-state index contributed by atoms with van der Waals surface area (Å²) in [5.74, 6) is -0.246. The number of benzene rings is 2. The Labute approximate surface area is 259 Å². The van der Waals surface area contributed by atoms with Gasteiger partial charge in [-0.15, -0.1) is 0 Å². The number of carbonyl (C=O) groups excluding carboxylic acids is 2. The van der Waals surface area contributed by atoms with E-state index in [2.05, 4.69) is 0 Å². The van der Waals surface area contributed by atoms with Crippen LogP contribution >= 0.6 is 0 Å². The van der Waals surface area contributed by atoms with Crippen molar-refractivity contribution in [1.82, 2.24) is 4.90 Å². The Kier molecular flexibility index (Phi) is 10.1. The molecule has 0 radical (unpaired) electrons. The van der Waals surface area contributed by atoms with Crippen LogP contribution in [0.3, 0.4) is 0 Å². The average molecular weight is 669 g/mol. The minimum absolute atomic E-state index is 0.0419. The largest absolute Gasteiger partial charge is 0.463 e. The molecule has 4 rings (SSSR count). The second kappa shape index (κ2) is 13.2. The molecule has 1 saturated carbocycles. The third kappa shape index (κ3) is 8.19. The van der Waals surface area contributed by atoms with E-state index >= 15 is 0 Å². The highest BCUT2D eigenvalue weighted by Gasteiger charge is 2.44. The topological polar surface area (TPSA) is 59.1 Å². The minimum atomic E-state index is -5.13. The van der Waals surface area contributed by atoms with Crippen molar-refractivity contribution in [2.24, 2.45) is 5.92 Å². The van der Waals surface area contributed by atoms with Crippen LogP contribution in [0.1, 0.15) is 80.4 Å². The summed E-state index contributed by atoms with van der Waals surface area (Å²) in [5, 5.41) is 0. The molecule has 0 bridgehead atoms. The first-order valence-corrected chi connectivity index (χ1v) is 14.7. The molecule has 0 unspecified atom stereocenters. The molecule has 46 heavy (non-hydrogen) atoms. The van der Waals surface area contributed by atoms with Gasteiger partial charge in [0.1, 0.15) is 12.2 Å². The number of alkyl halides is 9. The van der Waals surface area contributed by atoms with E-state index in [9.17, 15) is 49.1 Å².